The Bertz CT molecular complexity index is 745. The van der Waals surface area contributed by atoms with Crippen LogP contribution in [0.4, 0.5) is 0 Å². The molecule has 0 aliphatic carbocycles. The normalized spacial score (nSPS) is 12.7. The van der Waals surface area contributed by atoms with E-state index >= 15 is 0 Å². The smallest absolute Gasteiger partial charge is 0.115 e. The molecule has 0 heterocycles. The quantitative estimate of drug-likeness (QED) is 0.542. The first kappa shape index (κ1) is 19.3. The summed E-state index contributed by atoms with van der Waals surface area (Å²) in [6.45, 7) is 3.50. The molecule has 0 spiro atoms. The van der Waals surface area contributed by atoms with E-state index in [1.165, 1.54) is 5.56 Å². The summed E-state index contributed by atoms with van der Waals surface area (Å²) >= 11 is 0. The van der Waals surface area contributed by atoms with Gasteiger partial charge in [0.15, 0.2) is 0 Å². The van der Waals surface area contributed by atoms with E-state index in [0.717, 1.165) is 17.5 Å². The van der Waals surface area contributed by atoms with Crippen molar-refractivity contribution >= 4 is 0 Å². The SMILES string of the molecule is C[C@H](CCC(O)(c1ccccc1)c1ccccc1)COCc1ccccc1. The summed E-state index contributed by atoms with van der Waals surface area (Å²) < 4.78 is 5.88. The van der Waals surface area contributed by atoms with Crippen molar-refractivity contribution in [3.63, 3.8) is 0 Å². The molecule has 1 atom stereocenters. The molecule has 0 amide bonds. The Morgan fingerprint density at radius 3 is 1.78 bits per heavy atom. The number of hydrogen-bond donors (Lipinski definition) is 1. The maximum absolute atomic E-state index is 11.6. The van der Waals surface area contributed by atoms with E-state index in [4.69, 9.17) is 4.74 Å². The van der Waals surface area contributed by atoms with Crippen molar-refractivity contribution in [3.05, 3.63) is 108 Å². The van der Waals surface area contributed by atoms with E-state index in [1.54, 1.807) is 0 Å². The van der Waals surface area contributed by atoms with Crippen molar-refractivity contribution in [1.82, 2.24) is 0 Å². The largest absolute Gasteiger partial charge is 0.380 e. The van der Waals surface area contributed by atoms with Gasteiger partial charge in [-0.3, -0.25) is 0 Å². The van der Waals surface area contributed by atoms with Crippen LogP contribution in [0.2, 0.25) is 0 Å². The Kier molecular flexibility index (Phi) is 6.80. The van der Waals surface area contributed by atoms with Gasteiger partial charge < -0.3 is 9.84 Å². The molecule has 0 saturated carbocycles. The minimum atomic E-state index is -0.976. The fourth-order valence-corrected chi connectivity index (χ4v) is 3.37. The number of hydrogen-bond acceptors (Lipinski definition) is 2. The average molecular weight is 360 g/mol. The Balaban J connectivity index is 1.61. The zero-order valence-electron chi connectivity index (χ0n) is 15.9. The number of rotatable bonds is 9. The lowest BCUT2D eigenvalue weighted by atomic mass is 9.81. The van der Waals surface area contributed by atoms with Gasteiger partial charge in [-0.15, -0.1) is 0 Å². The molecule has 140 valence electrons. The molecule has 27 heavy (non-hydrogen) atoms. The Morgan fingerprint density at radius 1 is 0.778 bits per heavy atom. The second-order valence-corrected chi connectivity index (χ2v) is 7.24. The second-order valence-electron chi connectivity index (χ2n) is 7.24. The fourth-order valence-electron chi connectivity index (χ4n) is 3.37. The number of ether oxygens (including phenoxy) is 1. The van der Waals surface area contributed by atoms with Crippen molar-refractivity contribution < 1.29 is 9.84 Å². The third-order valence-electron chi connectivity index (χ3n) is 5.02. The maximum atomic E-state index is 11.6. The predicted octanol–water partition coefficient (Wildman–Crippen LogP) is 5.56. The van der Waals surface area contributed by atoms with Crippen LogP contribution in [0.15, 0.2) is 91.0 Å². The predicted molar refractivity (Wildman–Crippen MR) is 110 cm³/mol. The first-order valence-corrected chi connectivity index (χ1v) is 9.63. The minimum Gasteiger partial charge on any atom is -0.380 e. The molecule has 0 aliphatic heterocycles. The Hall–Kier alpha value is -2.42. The highest BCUT2D eigenvalue weighted by atomic mass is 16.5. The van der Waals surface area contributed by atoms with Crippen molar-refractivity contribution in [2.24, 2.45) is 5.92 Å². The average Bonchev–Trinajstić information content (AvgIpc) is 2.74. The van der Waals surface area contributed by atoms with Gasteiger partial charge in [0.05, 0.1) is 6.61 Å². The fraction of sp³-hybridized carbons (Fsp3) is 0.280. The highest BCUT2D eigenvalue weighted by Gasteiger charge is 2.31. The zero-order chi connectivity index (χ0) is 19.0. The van der Waals surface area contributed by atoms with Crippen LogP contribution in [0.3, 0.4) is 0 Å². The number of aliphatic hydroxyl groups is 1. The van der Waals surface area contributed by atoms with Crippen LogP contribution >= 0.6 is 0 Å². The standard InChI is InChI=1S/C25H28O2/c1-21(19-27-20-22-11-5-2-6-12-22)17-18-25(26,23-13-7-3-8-14-23)24-15-9-4-10-16-24/h2-16,21,26H,17-20H2,1H3/t21-/m1/s1. The van der Waals surface area contributed by atoms with Crippen LogP contribution in [-0.4, -0.2) is 11.7 Å². The van der Waals surface area contributed by atoms with Gasteiger partial charge in [-0.1, -0.05) is 97.9 Å². The third-order valence-corrected chi connectivity index (χ3v) is 5.02. The minimum absolute atomic E-state index is 0.368. The van der Waals surface area contributed by atoms with Crippen molar-refractivity contribution in [2.75, 3.05) is 6.61 Å². The molecule has 3 rings (SSSR count). The number of benzene rings is 3. The van der Waals surface area contributed by atoms with Gasteiger partial charge in [-0.2, -0.15) is 0 Å². The summed E-state index contributed by atoms with van der Waals surface area (Å²) in [5.74, 6) is 0.368. The molecule has 0 radical (unpaired) electrons. The van der Waals surface area contributed by atoms with Crippen LogP contribution < -0.4 is 0 Å². The highest BCUT2D eigenvalue weighted by Crippen LogP contribution is 2.35. The summed E-state index contributed by atoms with van der Waals surface area (Å²) in [5, 5.41) is 11.6. The zero-order valence-corrected chi connectivity index (χ0v) is 15.9. The summed E-state index contributed by atoms with van der Waals surface area (Å²) in [7, 11) is 0. The van der Waals surface area contributed by atoms with Gasteiger partial charge in [0.25, 0.3) is 0 Å². The first-order valence-electron chi connectivity index (χ1n) is 9.63. The van der Waals surface area contributed by atoms with Crippen molar-refractivity contribution in [1.29, 1.82) is 0 Å². The lowest BCUT2D eigenvalue weighted by molar-refractivity contribution is 0.0478. The highest BCUT2D eigenvalue weighted by molar-refractivity contribution is 5.35. The molecular formula is C25H28O2. The van der Waals surface area contributed by atoms with E-state index in [2.05, 4.69) is 19.1 Å². The lowest BCUT2D eigenvalue weighted by Crippen LogP contribution is -2.28. The third kappa shape index (κ3) is 5.29. The summed E-state index contributed by atoms with van der Waals surface area (Å²) in [6, 6.07) is 30.1. The molecular weight excluding hydrogens is 332 g/mol. The molecule has 0 saturated heterocycles. The second kappa shape index (κ2) is 9.50. The summed E-state index contributed by atoms with van der Waals surface area (Å²) in [6.07, 6.45) is 1.55. The van der Waals surface area contributed by atoms with Crippen LogP contribution in [0, 0.1) is 5.92 Å². The van der Waals surface area contributed by atoms with E-state index < -0.39 is 5.60 Å². The molecule has 0 aliphatic rings. The van der Waals surface area contributed by atoms with Crippen LogP contribution in [-0.2, 0) is 16.9 Å². The van der Waals surface area contributed by atoms with Crippen LogP contribution in [0.5, 0.6) is 0 Å². The molecule has 0 unspecified atom stereocenters. The van der Waals surface area contributed by atoms with Crippen molar-refractivity contribution in [2.45, 2.75) is 32.0 Å². The lowest BCUT2D eigenvalue weighted by Gasteiger charge is -2.30. The van der Waals surface area contributed by atoms with Gasteiger partial charge in [-0.05, 0) is 35.4 Å². The molecule has 0 bridgehead atoms. The van der Waals surface area contributed by atoms with E-state index in [0.29, 0.717) is 25.6 Å². The maximum Gasteiger partial charge on any atom is 0.115 e. The van der Waals surface area contributed by atoms with E-state index in [-0.39, 0.29) is 0 Å². The Labute approximate surface area is 162 Å². The molecule has 3 aromatic carbocycles. The molecule has 0 fully saturated rings. The summed E-state index contributed by atoms with van der Waals surface area (Å²) in [4.78, 5) is 0. The van der Waals surface area contributed by atoms with E-state index in [1.807, 2.05) is 78.9 Å². The Morgan fingerprint density at radius 2 is 1.26 bits per heavy atom. The summed E-state index contributed by atoms with van der Waals surface area (Å²) in [5.41, 5.74) is 2.09. The van der Waals surface area contributed by atoms with Crippen LogP contribution in [0.25, 0.3) is 0 Å². The van der Waals surface area contributed by atoms with Gasteiger partial charge in [0.1, 0.15) is 5.60 Å². The molecule has 2 heteroatoms. The molecule has 2 nitrogen and oxygen atoms in total. The molecule has 1 N–H and O–H groups in total. The van der Waals surface area contributed by atoms with Gasteiger partial charge in [0, 0.05) is 6.61 Å². The van der Waals surface area contributed by atoms with Crippen molar-refractivity contribution in [3.8, 4) is 0 Å². The monoisotopic (exact) mass is 360 g/mol. The van der Waals surface area contributed by atoms with E-state index in [9.17, 15) is 5.11 Å². The molecule has 3 aromatic rings. The van der Waals surface area contributed by atoms with Gasteiger partial charge in [0.2, 0.25) is 0 Å². The topological polar surface area (TPSA) is 29.5 Å². The van der Waals surface area contributed by atoms with Crippen LogP contribution in [0.1, 0.15) is 36.5 Å². The van der Waals surface area contributed by atoms with Gasteiger partial charge in [-0.25, -0.2) is 0 Å². The first-order chi connectivity index (χ1) is 13.2. The molecule has 0 aromatic heterocycles. The van der Waals surface area contributed by atoms with Gasteiger partial charge >= 0.3 is 0 Å².